The maximum absolute atomic E-state index is 6.23. The number of hydrogen-bond donors (Lipinski definition) is 2. The number of hydrogen-bond acceptors (Lipinski definition) is 2. The van der Waals surface area contributed by atoms with Crippen LogP contribution < -0.4 is 11.3 Å². The van der Waals surface area contributed by atoms with Crippen LogP contribution in [0.2, 0.25) is 10.0 Å². The third kappa shape index (κ3) is 3.61. The van der Waals surface area contributed by atoms with E-state index in [1.165, 1.54) is 32.1 Å². The third-order valence-electron chi connectivity index (χ3n) is 3.83. The van der Waals surface area contributed by atoms with Gasteiger partial charge in [0.2, 0.25) is 0 Å². The molecule has 0 aliphatic heterocycles. The Bertz CT molecular complexity index is 389. The monoisotopic (exact) mass is 286 g/mol. The highest BCUT2D eigenvalue weighted by molar-refractivity contribution is 6.33. The molecule has 2 rings (SSSR count). The van der Waals surface area contributed by atoms with Gasteiger partial charge in [-0.1, -0.05) is 55.3 Å². The van der Waals surface area contributed by atoms with Crippen molar-refractivity contribution in [2.24, 2.45) is 11.8 Å². The number of nitrogens with one attached hydrogen (secondary N) is 1. The topological polar surface area (TPSA) is 38.0 Å². The summed E-state index contributed by atoms with van der Waals surface area (Å²) in [6.45, 7) is 0. The number of nitrogens with two attached hydrogens (primary N) is 1. The minimum Gasteiger partial charge on any atom is -0.271 e. The first-order valence-corrected chi connectivity index (χ1v) is 7.37. The van der Waals surface area contributed by atoms with Crippen molar-refractivity contribution >= 4 is 23.2 Å². The van der Waals surface area contributed by atoms with Gasteiger partial charge in [-0.05, 0) is 36.1 Å². The van der Waals surface area contributed by atoms with Crippen LogP contribution in [-0.4, -0.2) is 0 Å². The first kappa shape index (κ1) is 14.1. The SMILES string of the molecule is NNC(CC1CCCCC1)c1cc(Cl)ccc1Cl. The second-order valence-electron chi connectivity index (χ2n) is 5.12. The lowest BCUT2D eigenvalue weighted by Crippen LogP contribution is -2.30. The van der Waals surface area contributed by atoms with Crippen LogP contribution in [-0.2, 0) is 0 Å². The van der Waals surface area contributed by atoms with Gasteiger partial charge >= 0.3 is 0 Å². The standard InChI is InChI=1S/C14H20Cl2N2/c15-11-6-7-13(16)12(9-11)14(18-17)8-10-4-2-1-3-5-10/h6-7,9-10,14,18H,1-5,8,17H2. The highest BCUT2D eigenvalue weighted by Crippen LogP contribution is 2.34. The Morgan fingerprint density at radius 2 is 1.94 bits per heavy atom. The Balaban J connectivity index is 2.09. The largest absolute Gasteiger partial charge is 0.271 e. The maximum Gasteiger partial charge on any atom is 0.0477 e. The fourth-order valence-electron chi connectivity index (χ4n) is 2.82. The van der Waals surface area contributed by atoms with E-state index >= 15 is 0 Å². The van der Waals surface area contributed by atoms with Gasteiger partial charge in [-0.2, -0.15) is 0 Å². The highest BCUT2D eigenvalue weighted by Gasteiger charge is 2.21. The fourth-order valence-corrected chi connectivity index (χ4v) is 3.25. The molecule has 0 radical (unpaired) electrons. The number of hydrazine groups is 1. The van der Waals surface area contributed by atoms with E-state index in [0.29, 0.717) is 5.02 Å². The zero-order valence-electron chi connectivity index (χ0n) is 10.5. The lowest BCUT2D eigenvalue weighted by atomic mass is 9.83. The van der Waals surface area contributed by atoms with Crippen LogP contribution in [0.4, 0.5) is 0 Å². The summed E-state index contributed by atoms with van der Waals surface area (Å²) in [6, 6.07) is 5.66. The van der Waals surface area contributed by atoms with Crippen molar-refractivity contribution in [3.05, 3.63) is 33.8 Å². The van der Waals surface area contributed by atoms with Gasteiger partial charge in [0, 0.05) is 16.1 Å². The van der Waals surface area contributed by atoms with Crippen molar-refractivity contribution < 1.29 is 0 Å². The second kappa shape index (κ2) is 6.76. The molecule has 0 heterocycles. The second-order valence-corrected chi connectivity index (χ2v) is 5.97. The molecule has 1 aromatic rings. The normalized spacial score (nSPS) is 18.8. The molecule has 1 atom stereocenters. The molecule has 1 aliphatic rings. The van der Waals surface area contributed by atoms with Crippen LogP contribution in [0.5, 0.6) is 0 Å². The molecule has 3 N–H and O–H groups in total. The van der Waals surface area contributed by atoms with Gasteiger partial charge < -0.3 is 0 Å². The smallest absolute Gasteiger partial charge is 0.0477 e. The van der Waals surface area contributed by atoms with E-state index in [-0.39, 0.29) is 6.04 Å². The molecule has 0 amide bonds. The molecule has 4 heteroatoms. The molecule has 0 saturated heterocycles. The van der Waals surface area contributed by atoms with Crippen LogP contribution in [0.1, 0.15) is 50.1 Å². The number of halogens is 2. The van der Waals surface area contributed by atoms with Crippen molar-refractivity contribution in [3.63, 3.8) is 0 Å². The summed E-state index contributed by atoms with van der Waals surface area (Å²) in [7, 11) is 0. The summed E-state index contributed by atoms with van der Waals surface area (Å²) in [5.41, 5.74) is 3.90. The van der Waals surface area contributed by atoms with Crippen LogP contribution >= 0.6 is 23.2 Å². The van der Waals surface area contributed by atoms with Crippen molar-refractivity contribution in [3.8, 4) is 0 Å². The van der Waals surface area contributed by atoms with E-state index in [1.807, 2.05) is 18.2 Å². The van der Waals surface area contributed by atoms with Crippen molar-refractivity contribution in [2.45, 2.75) is 44.6 Å². The molecule has 1 aliphatic carbocycles. The van der Waals surface area contributed by atoms with Gasteiger partial charge in [0.05, 0.1) is 0 Å². The van der Waals surface area contributed by atoms with E-state index in [0.717, 1.165) is 22.9 Å². The average molecular weight is 287 g/mol. The molecule has 1 unspecified atom stereocenters. The molecule has 1 aromatic carbocycles. The summed E-state index contributed by atoms with van der Waals surface area (Å²) in [6.07, 6.45) is 7.69. The molecule has 0 bridgehead atoms. The number of benzene rings is 1. The summed E-state index contributed by atoms with van der Waals surface area (Å²) in [4.78, 5) is 0. The Morgan fingerprint density at radius 1 is 1.22 bits per heavy atom. The van der Waals surface area contributed by atoms with E-state index in [1.54, 1.807) is 0 Å². The van der Waals surface area contributed by atoms with Crippen LogP contribution in [0.15, 0.2) is 18.2 Å². The van der Waals surface area contributed by atoms with E-state index in [4.69, 9.17) is 29.0 Å². The summed E-state index contributed by atoms with van der Waals surface area (Å²) >= 11 is 12.3. The van der Waals surface area contributed by atoms with E-state index < -0.39 is 0 Å². The van der Waals surface area contributed by atoms with Crippen LogP contribution in [0.3, 0.4) is 0 Å². The van der Waals surface area contributed by atoms with Gasteiger partial charge in [0.1, 0.15) is 0 Å². The quantitative estimate of drug-likeness (QED) is 0.633. The van der Waals surface area contributed by atoms with Gasteiger partial charge in [-0.3, -0.25) is 11.3 Å². The van der Waals surface area contributed by atoms with Crippen molar-refractivity contribution in [1.29, 1.82) is 0 Å². The number of rotatable bonds is 4. The van der Waals surface area contributed by atoms with Gasteiger partial charge in [0.15, 0.2) is 0 Å². The molecule has 18 heavy (non-hydrogen) atoms. The Kier molecular flexibility index (Phi) is 5.31. The maximum atomic E-state index is 6.23. The zero-order valence-corrected chi connectivity index (χ0v) is 12.0. The lowest BCUT2D eigenvalue weighted by Gasteiger charge is -2.27. The highest BCUT2D eigenvalue weighted by atomic mass is 35.5. The Labute approximate surface area is 119 Å². The first-order chi connectivity index (χ1) is 8.70. The predicted octanol–water partition coefficient (Wildman–Crippen LogP) is 4.47. The van der Waals surface area contributed by atoms with Crippen molar-refractivity contribution in [2.75, 3.05) is 0 Å². The minimum absolute atomic E-state index is 0.0966. The third-order valence-corrected chi connectivity index (χ3v) is 4.41. The zero-order chi connectivity index (χ0) is 13.0. The molecule has 0 aromatic heterocycles. The minimum atomic E-state index is 0.0966. The van der Waals surface area contributed by atoms with Crippen LogP contribution in [0.25, 0.3) is 0 Å². The molecule has 1 fully saturated rings. The summed E-state index contributed by atoms with van der Waals surface area (Å²) in [5.74, 6) is 6.43. The molecule has 1 saturated carbocycles. The molecule has 2 nitrogen and oxygen atoms in total. The van der Waals surface area contributed by atoms with Crippen molar-refractivity contribution in [1.82, 2.24) is 5.43 Å². The van der Waals surface area contributed by atoms with Gasteiger partial charge in [0.25, 0.3) is 0 Å². The van der Waals surface area contributed by atoms with Gasteiger partial charge in [-0.15, -0.1) is 0 Å². The Hall–Kier alpha value is -0.280. The molecule has 0 spiro atoms. The predicted molar refractivity (Wildman–Crippen MR) is 77.7 cm³/mol. The average Bonchev–Trinajstić information content (AvgIpc) is 2.40. The molecular formula is C14H20Cl2N2. The lowest BCUT2D eigenvalue weighted by molar-refractivity contribution is 0.301. The van der Waals surface area contributed by atoms with E-state index in [9.17, 15) is 0 Å². The molecular weight excluding hydrogens is 267 g/mol. The summed E-state index contributed by atoms with van der Waals surface area (Å²) in [5, 5.41) is 1.44. The Morgan fingerprint density at radius 3 is 2.61 bits per heavy atom. The van der Waals surface area contributed by atoms with E-state index in [2.05, 4.69) is 5.43 Å². The fraction of sp³-hybridized carbons (Fsp3) is 0.571. The summed E-state index contributed by atoms with van der Waals surface area (Å²) < 4.78 is 0. The van der Waals surface area contributed by atoms with Crippen LogP contribution in [0, 0.1) is 5.92 Å². The molecule has 100 valence electrons. The van der Waals surface area contributed by atoms with Gasteiger partial charge in [-0.25, -0.2) is 0 Å². The first-order valence-electron chi connectivity index (χ1n) is 6.62.